The van der Waals surface area contributed by atoms with Crippen LogP contribution in [0.3, 0.4) is 0 Å². The van der Waals surface area contributed by atoms with Crippen LogP contribution in [0.15, 0.2) is 23.1 Å². The van der Waals surface area contributed by atoms with E-state index in [1.54, 1.807) is 11.8 Å². The summed E-state index contributed by atoms with van der Waals surface area (Å²) in [7, 11) is 0. The third-order valence-electron chi connectivity index (χ3n) is 2.08. The van der Waals surface area contributed by atoms with Gasteiger partial charge >= 0.3 is 0 Å². The average molecular weight is 197 g/mol. The molecule has 0 saturated carbocycles. The summed E-state index contributed by atoms with van der Waals surface area (Å²) in [4.78, 5) is 1.18. The summed E-state index contributed by atoms with van der Waals surface area (Å²) in [5.41, 5.74) is 7.93. The molecule has 1 rings (SSSR count). The third kappa shape index (κ3) is 2.46. The number of rotatable bonds is 3. The van der Waals surface area contributed by atoms with E-state index in [2.05, 4.69) is 6.07 Å². The van der Waals surface area contributed by atoms with E-state index in [1.807, 2.05) is 25.3 Å². The van der Waals surface area contributed by atoms with Crippen molar-refractivity contribution in [2.45, 2.75) is 17.9 Å². The van der Waals surface area contributed by atoms with Crippen molar-refractivity contribution in [2.24, 2.45) is 5.73 Å². The first-order valence-corrected chi connectivity index (χ1v) is 5.42. The predicted octanol–water partition coefficient (Wildman–Crippen LogP) is 1.71. The lowest BCUT2D eigenvalue weighted by atomic mass is 10.0. The molecule has 1 aromatic rings. The van der Waals surface area contributed by atoms with Crippen LogP contribution in [0.4, 0.5) is 0 Å². The van der Waals surface area contributed by atoms with Gasteiger partial charge in [0.2, 0.25) is 0 Å². The number of aliphatic hydroxyl groups is 1. The van der Waals surface area contributed by atoms with Gasteiger partial charge in [0.05, 0.1) is 12.6 Å². The zero-order valence-corrected chi connectivity index (χ0v) is 8.77. The van der Waals surface area contributed by atoms with Crippen molar-refractivity contribution < 1.29 is 5.11 Å². The van der Waals surface area contributed by atoms with Crippen LogP contribution in [0, 0.1) is 6.92 Å². The molecule has 0 saturated heterocycles. The molecule has 1 unspecified atom stereocenters. The molecule has 0 amide bonds. The summed E-state index contributed by atoms with van der Waals surface area (Å²) in [5, 5.41) is 8.94. The van der Waals surface area contributed by atoms with Crippen LogP contribution in [0.2, 0.25) is 0 Å². The number of aryl methyl sites for hydroxylation is 1. The topological polar surface area (TPSA) is 46.2 Å². The molecule has 1 atom stereocenters. The number of thioether (sulfide) groups is 1. The quantitative estimate of drug-likeness (QED) is 0.725. The van der Waals surface area contributed by atoms with Crippen molar-refractivity contribution in [3.8, 4) is 0 Å². The average Bonchev–Trinajstić information content (AvgIpc) is 2.17. The zero-order valence-electron chi connectivity index (χ0n) is 7.95. The largest absolute Gasteiger partial charge is 0.394 e. The SMILES string of the molecule is CSc1ccc(C)c(C(N)CO)c1. The Hall–Kier alpha value is -0.510. The molecule has 72 valence electrons. The van der Waals surface area contributed by atoms with Crippen molar-refractivity contribution in [2.75, 3.05) is 12.9 Å². The standard InChI is InChI=1S/C10H15NOS/c1-7-3-4-8(13-2)5-9(7)10(11)6-12/h3-5,10,12H,6,11H2,1-2H3. The highest BCUT2D eigenvalue weighted by molar-refractivity contribution is 7.98. The van der Waals surface area contributed by atoms with E-state index >= 15 is 0 Å². The first-order valence-electron chi connectivity index (χ1n) is 4.20. The molecule has 0 fully saturated rings. The maximum absolute atomic E-state index is 8.94. The van der Waals surface area contributed by atoms with Crippen molar-refractivity contribution in [1.82, 2.24) is 0 Å². The minimum absolute atomic E-state index is 0.00132. The molecule has 3 N–H and O–H groups in total. The summed E-state index contributed by atoms with van der Waals surface area (Å²) in [5.74, 6) is 0. The van der Waals surface area contributed by atoms with Gasteiger partial charge in [-0.2, -0.15) is 0 Å². The van der Waals surface area contributed by atoms with Crippen molar-refractivity contribution in [1.29, 1.82) is 0 Å². The fraction of sp³-hybridized carbons (Fsp3) is 0.400. The van der Waals surface area contributed by atoms with Gasteiger partial charge < -0.3 is 10.8 Å². The molecule has 0 aliphatic rings. The second-order valence-corrected chi connectivity index (χ2v) is 3.89. The molecule has 2 nitrogen and oxygen atoms in total. The Morgan fingerprint density at radius 1 is 1.54 bits per heavy atom. The minimum Gasteiger partial charge on any atom is -0.394 e. The van der Waals surface area contributed by atoms with Gasteiger partial charge in [-0.15, -0.1) is 11.8 Å². The fourth-order valence-corrected chi connectivity index (χ4v) is 1.69. The number of hydrogen-bond donors (Lipinski definition) is 2. The smallest absolute Gasteiger partial charge is 0.0624 e. The van der Waals surface area contributed by atoms with Crippen molar-refractivity contribution >= 4 is 11.8 Å². The van der Waals surface area contributed by atoms with Gasteiger partial charge in [-0.3, -0.25) is 0 Å². The number of nitrogens with two attached hydrogens (primary N) is 1. The molecule has 13 heavy (non-hydrogen) atoms. The lowest BCUT2D eigenvalue weighted by molar-refractivity contribution is 0.267. The molecule has 0 aliphatic carbocycles. The van der Waals surface area contributed by atoms with Crippen LogP contribution in [0.5, 0.6) is 0 Å². The Morgan fingerprint density at radius 3 is 2.77 bits per heavy atom. The Kier molecular flexibility index (Phi) is 3.78. The highest BCUT2D eigenvalue weighted by Crippen LogP contribution is 2.22. The normalized spacial score (nSPS) is 12.9. The predicted molar refractivity (Wildman–Crippen MR) is 57.0 cm³/mol. The van der Waals surface area contributed by atoms with Gasteiger partial charge in [0.1, 0.15) is 0 Å². The van der Waals surface area contributed by atoms with E-state index in [0.717, 1.165) is 11.1 Å². The Balaban J connectivity index is 3.03. The van der Waals surface area contributed by atoms with Crippen LogP contribution < -0.4 is 5.73 Å². The molecule has 0 heterocycles. The molecular weight excluding hydrogens is 182 g/mol. The van der Waals surface area contributed by atoms with Crippen molar-refractivity contribution in [3.05, 3.63) is 29.3 Å². The first kappa shape index (κ1) is 10.6. The molecule has 0 aromatic heterocycles. The van der Waals surface area contributed by atoms with Gasteiger partial charge in [0.25, 0.3) is 0 Å². The van der Waals surface area contributed by atoms with E-state index in [9.17, 15) is 0 Å². The van der Waals surface area contributed by atoms with E-state index in [1.165, 1.54) is 4.90 Å². The third-order valence-corrected chi connectivity index (χ3v) is 2.81. The molecule has 0 bridgehead atoms. The molecule has 0 spiro atoms. The first-order chi connectivity index (χ1) is 6.19. The van der Waals surface area contributed by atoms with Crippen molar-refractivity contribution in [3.63, 3.8) is 0 Å². The molecule has 1 aromatic carbocycles. The van der Waals surface area contributed by atoms with Crippen LogP contribution in [-0.4, -0.2) is 18.0 Å². The maximum Gasteiger partial charge on any atom is 0.0624 e. The number of benzene rings is 1. The van der Waals surface area contributed by atoms with Gasteiger partial charge in [-0.1, -0.05) is 6.07 Å². The summed E-state index contributed by atoms with van der Waals surface area (Å²) in [6, 6.07) is 5.89. The second-order valence-electron chi connectivity index (χ2n) is 3.01. The molecule has 0 aliphatic heterocycles. The molecular formula is C10H15NOS. The zero-order chi connectivity index (χ0) is 9.84. The lowest BCUT2D eigenvalue weighted by Crippen LogP contribution is -2.15. The van der Waals surface area contributed by atoms with Gasteiger partial charge in [-0.25, -0.2) is 0 Å². The van der Waals surface area contributed by atoms with E-state index < -0.39 is 0 Å². The van der Waals surface area contributed by atoms with Crippen LogP contribution in [0.25, 0.3) is 0 Å². The highest BCUT2D eigenvalue weighted by atomic mass is 32.2. The Morgan fingerprint density at radius 2 is 2.23 bits per heavy atom. The fourth-order valence-electron chi connectivity index (χ4n) is 1.24. The minimum atomic E-state index is -0.257. The van der Waals surface area contributed by atoms with Crippen LogP contribution in [0.1, 0.15) is 17.2 Å². The maximum atomic E-state index is 8.94. The monoisotopic (exact) mass is 197 g/mol. The van der Waals surface area contributed by atoms with Crippen LogP contribution >= 0.6 is 11.8 Å². The summed E-state index contributed by atoms with van der Waals surface area (Å²) in [6.45, 7) is 2.01. The number of hydrogen-bond acceptors (Lipinski definition) is 3. The summed E-state index contributed by atoms with van der Waals surface area (Å²) < 4.78 is 0. The van der Waals surface area contributed by atoms with E-state index in [4.69, 9.17) is 10.8 Å². The van der Waals surface area contributed by atoms with Gasteiger partial charge in [0.15, 0.2) is 0 Å². The molecule has 0 radical (unpaired) electrons. The van der Waals surface area contributed by atoms with Gasteiger partial charge in [-0.05, 0) is 36.4 Å². The summed E-state index contributed by atoms with van der Waals surface area (Å²) >= 11 is 1.68. The number of aliphatic hydroxyl groups excluding tert-OH is 1. The van der Waals surface area contributed by atoms with E-state index in [0.29, 0.717) is 0 Å². The van der Waals surface area contributed by atoms with E-state index in [-0.39, 0.29) is 12.6 Å². The second kappa shape index (κ2) is 4.65. The Labute approximate surface area is 83.1 Å². The molecule has 3 heteroatoms. The Bertz CT molecular complexity index is 288. The lowest BCUT2D eigenvalue weighted by Gasteiger charge is -2.12. The van der Waals surface area contributed by atoms with Crippen LogP contribution in [-0.2, 0) is 0 Å². The highest BCUT2D eigenvalue weighted by Gasteiger charge is 2.07. The van der Waals surface area contributed by atoms with Gasteiger partial charge in [0, 0.05) is 4.90 Å². The summed E-state index contributed by atoms with van der Waals surface area (Å²) in [6.07, 6.45) is 2.03.